The fourth-order valence-corrected chi connectivity index (χ4v) is 40.3. The number of rotatable bonds is 8. The zero-order valence-electron chi connectivity index (χ0n) is 28.9. The van der Waals surface area contributed by atoms with Crippen LogP contribution in [0.2, 0.25) is 128 Å². The Labute approximate surface area is 243 Å². The number of hydrogen-bond acceptors (Lipinski definition) is 0. The van der Waals surface area contributed by atoms with Gasteiger partial charge in [0.25, 0.3) is 0 Å². The quantitative estimate of drug-likeness (QED) is 0.232. The van der Waals surface area contributed by atoms with E-state index in [9.17, 15) is 0 Å². The summed E-state index contributed by atoms with van der Waals surface area (Å²) >= 11 is -2.66. The summed E-state index contributed by atoms with van der Waals surface area (Å²) in [5, 5.41) is 17.7. The van der Waals surface area contributed by atoms with Crippen LogP contribution >= 0.6 is 0 Å². The minimum atomic E-state index is -2.66. The molecule has 2 aliphatic carbocycles. The average Bonchev–Trinajstić information content (AvgIpc) is 3.20. The molecule has 0 nitrogen and oxygen atoms in total. The summed E-state index contributed by atoms with van der Waals surface area (Å²) in [5.41, 5.74) is 0. The molecule has 0 bridgehead atoms. The van der Waals surface area contributed by atoms with Crippen LogP contribution in [0.5, 0.6) is 0 Å². The summed E-state index contributed by atoms with van der Waals surface area (Å²) in [6, 6.07) is 0. The first kappa shape index (κ1) is 34.2. The molecule has 0 amide bonds. The molecule has 2 aliphatic rings. The SMILES string of the molecule is C[Si](C)(C)C1=C([Si](C)(C)C)[C]([Ti]([CH3])([CH3])[C]2=C([Si](C)(C)C)CC([Si](C)(C)C)=C2[Si](C)(C)C)=C([Si](C)(C)C)C1. The van der Waals surface area contributed by atoms with Gasteiger partial charge < -0.3 is 0 Å². The van der Waals surface area contributed by atoms with Crippen molar-refractivity contribution in [2.24, 2.45) is 0 Å². The Morgan fingerprint density at radius 2 is 0.568 bits per heavy atom. The van der Waals surface area contributed by atoms with Crippen molar-refractivity contribution in [3.05, 3.63) is 38.9 Å². The van der Waals surface area contributed by atoms with Gasteiger partial charge in [-0.3, -0.25) is 0 Å². The first-order valence-electron chi connectivity index (χ1n) is 14.9. The third-order valence-corrected chi connectivity index (χ3v) is 29.5. The third kappa shape index (κ3) is 6.90. The monoisotopic (exact) mass is 640 g/mol. The van der Waals surface area contributed by atoms with Crippen LogP contribution in [0.1, 0.15) is 12.8 Å². The van der Waals surface area contributed by atoms with Crippen molar-refractivity contribution < 1.29 is 16.6 Å². The van der Waals surface area contributed by atoms with Gasteiger partial charge in [-0.1, -0.05) is 0 Å². The van der Waals surface area contributed by atoms with Gasteiger partial charge in [0.1, 0.15) is 0 Å². The van der Waals surface area contributed by atoms with E-state index < -0.39 is 65.0 Å². The molecular formula is C30H64Si6Ti. The maximum absolute atomic E-state index is 2.88. The molecule has 0 atom stereocenters. The fourth-order valence-electron chi connectivity index (χ4n) is 7.03. The van der Waals surface area contributed by atoms with E-state index in [1.165, 1.54) is 12.8 Å². The van der Waals surface area contributed by atoms with Crippen molar-refractivity contribution in [3.63, 3.8) is 0 Å². The average molecular weight is 641 g/mol. The van der Waals surface area contributed by atoms with Crippen LogP contribution in [0.4, 0.5) is 0 Å². The molecule has 0 saturated carbocycles. The van der Waals surface area contributed by atoms with Gasteiger partial charge in [-0.25, -0.2) is 0 Å². The van der Waals surface area contributed by atoms with E-state index in [4.69, 9.17) is 0 Å². The van der Waals surface area contributed by atoms with E-state index in [-0.39, 0.29) is 0 Å². The normalized spacial score (nSPS) is 19.8. The molecule has 212 valence electrons. The van der Waals surface area contributed by atoms with Gasteiger partial charge in [-0.2, -0.15) is 0 Å². The van der Waals surface area contributed by atoms with Crippen LogP contribution in [-0.4, -0.2) is 48.4 Å². The molecule has 0 fully saturated rings. The van der Waals surface area contributed by atoms with Gasteiger partial charge in [-0.05, 0) is 0 Å². The Morgan fingerprint density at radius 3 is 0.730 bits per heavy atom. The molecule has 0 aliphatic heterocycles. The van der Waals surface area contributed by atoms with E-state index in [1.54, 1.807) is 0 Å². The fraction of sp³-hybridized carbons (Fsp3) is 0.733. The van der Waals surface area contributed by atoms with Crippen LogP contribution in [0.3, 0.4) is 0 Å². The first-order valence-corrected chi connectivity index (χ1v) is 40.6. The Morgan fingerprint density at radius 1 is 0.351 bits per heavy atom. The van der Waals surface area contributed by atoms with Crippen LogP contribution in [0.25, 0.3) is 0 Å². The molecule has 0 aromatic heterocycles. The van der Waals surface area contributed by atoms with Crippen LogP contribution < -0.4 is 0 Å². The molecular weight excluding hydrogens is 577 g/mol. The molecule has 0 aromatic rings. The second-order valence-corrected chi connectivity index (χ2v) is 55.9. The van der Waals surface area contributed by atoms with Crippen LogP contribution in [0.15, 0.2) is 38.9 Å². The van der Waals surface area contributed by atoms with E-state index >= 15 is 0 Å². The predicted molar refractivity (Wildman–Crippen MR) is 189 cm³/mol. The van der Waals surface area contributed by atoms with Crippen LogP contribution in [-0.2, 0) is 16.6 Å². The zero-order valence-corrected chi connectivity index (χ0v) is 36.5. The van der Waals surface area contributed by atoms with Gasteiger partial charge in [0, 0.05) is 0 Å². The summed E-state index contributed by atoms with van der Waals surface area (Å²) in [5.74, 6) is 0. The predicted octanol–water partition coefficient (Wildman–Crippen LogP) is 11.4. The zero-order chi connectivity index (χ0) is 29.5. The molecule has 37 heavy (non-hydrogen) atoms. The van der Waals surface area contributed by atoms with Crippen molar-refractivity contribution in [3.8, 4) is 0 Å². The van der Waals surface area contributed by atoms with Crippen molar-refractivity contribution in [2.45, 2.75) is 141 Å². The summed E-state index contributed by atoms with van der Waals surface area (Å²) in [6.45, 7) is 48.0. The van der Waals surface area contributed by atoms with Crippen molar-refractivity contribution in [1.82, 2.24) is 0 Å². The second-order valence-electron chi connectivity index (χ2n) is 18.9. The second kappa shape index (κ2) is 10.1. The molecule has 0 saturated heterocycles. The molecule has 0 N–H and O–H groups in total. The third-order valence-electron chi connectivity index (χ3n) is 8.79. The number of hydrogen-bond donors (Lipinski definition) is 0. The van der Waals surface area contributed by atoms with Gasteiger partial charge in [0.2, 0.25) is 0 Å². The Bertz CT molecular complexity index is 988. The topological polar surface area (TPSA) is 0 Å². The minimum absolute atomic E-state index is 1.34. The molecule has 0 aromatic carbocycles. The van der Waals surface area contributed by atoms with Gasteiger partial charge in [0.15, 0.2) is 0 Å². The van der Waals surface area contributed by atoms with E-state index in [0.717, 1.165) is 0 Å². The Kier molecular flexibility index (Phi) is 9.29. The number of allylic oxidation sites excluding steroid dienone is 8. The van der Waals surface area contributed by atoms with Gasteiger partial charge in [-0.15, -0.1) is 0 Å². The Balaban J connectivity index is 3.19. The molecule has 0 unspecified atom stereocenters. The molecule has 0 radical (unpaired) electrons. The van der Waals surface area contributed by atoms with E-state index in [1.807, 2.05) is 31.2 Å². The summed E-state index contributed by atoms with van der Waals surface area (Å²) in [6.07, 6.45) is 2.69. The first-order chi connectivity index (χ1) is 15.9. The van der Waals surface area contributed by atoms with Crippen molar-refractivity contribution >= 4 is 48.4 Å². The van der Waals surface area contributed by atoms with Gasteiger partial charge in [0.05, 0.1) is 0 Å². The molecule has 0 heterocycles. The maximum atomic E-state index is 2.88. The molecule has 0 spiro atoms. The molecule has 7 heteroatoms. The van der Waals surface area contributed by atoms with Crippen molar-refractivity contribution in [2.75, 3.05) is 0 Å². The van der Waals surface area contributed by atoms with Crippen molar-refractivity contribution in [1.29, 1.82) is 0 Å². The molecule has 2 rings (SSSR count). The standard InChI is InChI=1S/2C14H29Si3.2CH3.Ti/c2*1-15(2,3)12-10-13(16(4,5)6)14(11-12)17(7,8)9;;;/h2*10H2,1-9H3;2*1H3;. The van der Waals surface area contributed by atoms with Crippen LogP contribution in [0, 0.1) is 0 Å². The summed E-state index contributed by atoms with van der Waals surface area (Å²) in [4.78, 5) is 0. The van der Waals surface area contributed by atoms with E-state index in [0.29, 0.717) is 0 Å². The van der Waals surface area contributed by atoms with E-state index in [2.05, 4.69) is 136 Å². The summed E-state index contributed by atoms with van der Waals surface area (Å²) < 4.78 is 4.10. The van der Waals surface area contributed by atoms with Gasteiger partial charge >= 0.3 is 245 Å². The summed E-state index contributed by atoms with van der Waals surface area (Å²) in [7, 11) is -8.75. The Hall–Kier alpha value is 0.976.